The third-order valence-electron chi connectivity index (χ3n) is 3.80. The zero-order valence-corrected chi connectivity index (χ0v) is 13.9. The lowest BCUT2D eigenvalue weighted by Gasteiger charge is -2.15. The summed E-state index contributed by atoms with van der Waals surface area (Å²) in [5, 5.41) is 11.8. The Hall–Kier alpha value is -2.90. The topological polar surface area (TPSA) is 79.3 Å². The summed E-state index contributed by atoms with van der Waals surface area (Å²) >= 11 is 0. The van der Waals surface area contributed by atoms with E-state index < -0.39 is 29.7 Å². The van der Waals surface area contributed by atoms with Crippen molar-refractivity contribution in [3.05, 3.63) is 65.0 Å². The van der Waals surface area contributed by atoms with Crippen LogP contribution in [0.4, 0.5) is 13.2 Å². The molecule has 0 spiro atoms. The number of nitrogens with one attached hydrogen (secondary N) is 1. The molecule has 0 fully saturated rings. The number of aromatic nitrogens is 1. The number of carbonyl (C=O) groups is 2. The number of nitrogens with zero attached hydrogens (tertiary/aromatic N) is 1. The molecule has 5 nitrogen and oxygen atoms in total. The van der Waals surface area contributed by atoms with Gasteiger partial charge in [-0.15, -0.1) is 0 Å². The second kappa shape index (κ2) is 7.99. The van der Waals surface area contributed by atoms with Gasteiger partial charge in [0.1, 0.15) is 5.69 Å². The minimum Gasteiger partial charge on any atom is -0.481 e. The Morgan fingerprint density at radius 1 is 1.15 bits per heavy atom. The predicted molar refractivity (Wildman–Crippen MR) is 87.6 cm³/mol. The van der Waals surface area contributed by atoms with Gasteiger partial charge in [0.05, 0.1) is 17.2 Å². The van der Waals surface area contributed by atoms with E-state index in [4.69, 9.17) is 0 Å². The van der Waals surface area contributed by atoms with Crippen LogP contribution in [0.3, 0.4) is 0 Å². The standard InChI is InChI=1S/C18H17F3N2O3/c1-11-14(7-8-15(23-11)18(19,20)21)16(24)22-10-13(17(25)26)9-12-5-3-2-4-6-12/h2-8,13H,9-10H2,1H3,(H,22,24)(H,25,26). The fourth-order valence-electron chi connectivity index (χ4n) is 2.42. The number of benzene rings is 1. The Morgan fingerprint density at radius 3 is 2.35 bits per heavy atom. The summed E-state index contributed by atoms with van der Waals surface area (Å²) in [6.07, 6.45) is -4.37. The molecule has 8 heteroatoms. The van der Waals surface area contributed by atoms with Gasteiger partial charge in [0.25, 0.3) is 5.91 Å². The average Bonchev–Trinajstić information content (AvgIpc) is 2.58. The number of hydrogen-bond donors (Lipinski definition) is 2. The lowest BCUT2D eigenvalue weighted by molar-refractivity contribution is -0.142. The number of carboxylic acid groups (broad SMARTS) is 1. The summed E-state index contributed by atoms with van der Waals surface area (Å²) in [7, 11) is 0. The molecule has 0 aliphatic carbocycles. The molecule has 1 amide bonds. The van der Waals surface area contributed by atoms with Crippen LogP contribution >= 0.6 is 0 Å². The molecule has 0 aliphatic rings. The largest absolute Gasteiger partial charge is 0.481 e. The Labute approximate surface area is 147 Å². The van der Waals surface area contributed by atoms with Crippen LogP contribution in [0.25, 0.3) is 0 Å². The number of carbonyl (C=O) groups excluding carboxylic acids is 1. The summed E-state index contributed by atoms with van der Waals surface area (Å²) in [5.74, 6) is -2.59. The van der Waals surface area contributed by atoms with Crippen LogP contribution < -0.4 is 5.32 Å². The number of aliphatic carboxylic acids is 1. The molecule has 2 N–H and O–H groups in total. The fourth-order valence-corrected chi connectivity index (χ4v) is 2.42. The summed E-state index contributed by atoms with van der Waals surface area (Å²) in [6.45, 7) is 1.15. The predicted octanol–water partition coefficient (Wildman–Crippen LogP) is 3.08. The molecule has 1 aromatic carbocycles. The van der Waals surface area contributed by atoms with Crippen molar-refractivity contribution >= 4 is 11.9 Å². The number of alkyl halides is 3. The van der Waals surface area contributed by atoms with Gasteiger partial charge in [0.15, 0.2) is 0 Å². The molecular formula is C18H17F3N2O3. The van der Waals surface area contributed by atoms with Gasteiger partial charge in [-0.05, 0) is 31.0 Å². The number of aryl methyl sites for hydroxylation is 1. The van der Waals surface area contributed by atoms with Crippen molar-refractivity contribution in [3.63, 3.8) is 0 Å². The highest BCUT2D eigenvalue weighted by Crippen LogP contribution is 2.28. The minimum absolute atomic E-state index is 0.0261. The third kappa shape index (κ3) is 5.05. The molecule has 0 saturated heterocycles. The van der Waals surface area contributed by atoms with Crippen molar-refractivity contribution in [1.82, 2.24) is 10.3 Å². The van der Waals surface area contributed by atoms with E-state index >= 15 is 0 Å². The zero-order valence-electron chi connectivity index (χ0n) is 13.9. The first-order chi connectivity index (χ1) is 12.2. The van der Waals surface area contributed by atoms with Gasteiger partial charge >= 0.3 is 12.1 Å². The number of carboxylic acids is 1. The van der Waals surface area contributed by atoms with Gasteiger partial charge in [-0.2, -0.15) is 13.2 Å². The minimum atomic E-state index is -4.59. The summed E-state index contributed by atoms with van der Waals surface area (Å²) in [5.41, 5.74) is -0.380. The van der Waals surface area contributed by atoms with Gasteiger partial charge in [-0.1, -0.05) is 30.3 Å². The van der Waals surface area contributed by atoms with Crippen LogP contribution in [0.2, 0.25) is 0 Å². The molecular weight excluding hydrogens is 349 g/mol. The van der Waals surface area contributed by atoms with E-state index in [1.165, 1.54) is 6.92 Å². The molecule has 1 unspecified atom stereocenters. The molecule has 2 aromatic rings. The van der Waals surface area contributed by atoms with Crippen LogP contribution in [0.15, 0.2) is 42.5 Å². The van der Waals surface area contributed by atoms with E-state index in [2.05, 4.69) is 10.3 Å². The highest BCUT2D eigenvalue weighted by Gasteiger charge is 2.33. The maximum Gasteiger partial charge on any atom is 0.433 e. The molecule has 1 atom stereocenters. The maximum absolute atomic E-state index is 12.6. The van der Waals surface area contributed by atoms with Crippen LogP contribution in [0, 0.1) is 12.8 Å². The molecule has 26 heavy (non-hydrogen) atoms. The van der Waals surface area contributed by atoms with Crippen LogP contribution in [-0.4, -0.2) is 28.5 Å². The average molecular weight is 366 g/mol. The second-order valence-electron chi connectivity index (χ2n) is 5.76. The number of amides is 1. The molecule has 0 bridgehead atoms. The van der Waals surface area contributed by atoms with Crippen molar-refractivity contribution in [2.24, 2.45) is 5.92 Å². The first-order valence-electron chi connectivity index (χ1n) is 7.78. The molecule has 138 valence electrons. The normalized spacial score (nSPS) is 12.5. The van der Waals surface area contributed by atoms with E-state index in [0.29, 0.717) is 0 Å². The maximum atomic E-state index is 12.6. The van der Waals surface area contributed by atoms with E-state index in [1.54, 1.807) is 30.3 Å². The molecule has 0 aliphatic heterocycles. The Morgan fingerprint density at radius 2 is 1.81 bits per heavy atom. The number of halogens is 3. The summed E-state index contributed by atoms with van der Waals surface area (Å²) < 4.78 is 37.9. The van der Waals surface area contributed by atoms with Gasteiger partial charge < -0.3 is 10.4 Å². The summed E-state index contributed by atoms with van der Waals surface area (Å²) in [4.78, 5) is 27.0. The van der Waals surface area contributed by atoms with Crippen molar-refractivity contribution in [1.29, 1.82) is 0 Å². The zero-order chi connectivity index (χ0) is 19.3. The smallest absolute Gasteiger partial charge is 0.433 e. The van der Waals surface area contributed by atoms with Crippen molar-refractivity contribution in [2.75, 3.05) is 6.54 Å². The van der Waals surface area contributed by atoms with E-state index in [-0.39, 0.29) is 24.2 Å². The lowest BCUT2D eigenvalue weighted by atomic mass is 9.99. The van der Waals surface area contributed by atoms with Gasteiger partial charge in [0, 0.05) is 6.54 Å². The first kappa shape index (κ1) is 19.4. The Bertz CT molecular complexity index is 792. The van der Waals surface area contributed by atoms with Gasteiger partial charge in [-0.3, -0.25) is 9.59 Å². The third-order valence-corrected chi connectivity index (χ3v) is 3.80. The van der Waals surface area contributed by atoms with Crippen molar-refractivity contribution in [2.45, 2.75) is 19.5 Å². The molecule has 1 heterocycles. The molecule has 1 aromatic heterocycles. The van der Waals surface area contributed by atoms with E-state index in [9.17, 15) is 27.9 Å². The Kier molecular flexibility index (Phi) is 5.97. The number of rotatable bonds is 6. The SMILES string of the molecule is Cc1nc(C(F)(F)F)ccc1C(=O)NCC(Cc1ccccc1)C(=O)O. The number of hydrogen-bond acceptors (Lipinski definition) is 3. The number of pyridine rings is 1. The van der Waals surface area contributed by atoms with Gasteiger partial charge in [-0.25, -0.2) is 4.98 Å². The fraction of sp³-hybridized carbons (Fsp3) is 0.278. The highest BCUT2D eigenvalue weighted by atomic mass is 19.4. The van der Waals surface area contributed by atoms with Crippen molar-refractivity contribution < 1.29 is 27.9 Å². The second-order valence-corrected chi connectivity index (χ2v) is 5.76. The van der Waals surface area contributed by atoms with E-state index in [0.717, 1.165) is 17.7 Å². The van der Waals surface area contributed by atoms with E-state index in [1.807, 2.05) is 0 Å². The molecule has 0 saturated carbocycles. The van der Waals surface area contributed by atoms with Crippen LogP contribution in [-0.2, 0) is 17.4 Å². The van der Waals surface area contributed by atoms with Crippen molar-refractivity contribution in [3.8, 4) is 0 Å². The molecule has 0 radical (unpaired) electrons. The molecule has 2 rings (SSSR count). The lowest BCUT2D eigenvalue weighted by Crippen LogP contribution is -2.34. The van der Waals surface area contributed by atoms with Crippen LogP contribution in [0.1, 0.15) is 27.3 Å². The Balaban J connectivity index is 2.05. The van der Waals surface area contributed by atoms with Crippen LogP contribution in [0.5, 0.6) is 0 Å². The van der Waals surface area contributed by atoms with Gasteiger partial charge in [0.2, 0.25) is 0 Å². The highest BCUT2D eigenvalue weighted by molar-refractivity contribution is 5.95. The first-order valence-corrected chi connectivity index (χ1v) is 7.78. The monoisotopic (exact) mass is 366 g/mol. The summed E-state index contributed by atoms with van der Waals surface area (Å²) in [6, 6.07) is 10.7. The quantitative estimate of drug-likeness (QED) is 0.824.